The summed E-state index contributed by atoms with van der Waals surface area (Å²) >= 11 is 3.47. The Labute approximate surface area is 115 Å². The maximum absolute atomic E-state index is 10.2. The number of halogens is 1. The van der Waals surface area contributed by atoms with E-state index in [1.807, 2.05) is 31.2 Å². The first-order valence-corrected chi connectivity index (χ1v) is 6.50. The lowest BCUT2D eigenvalue weighted by Crippen LogP contribution is -2.03. The number of nitrogen functional groups attached to an aromatic ring is 1. The van der Waals surface area contributed by atoms with Crippen LogP contribution in [0.1, 0.15) is 22.8 Å². The van der Waals surface area contributed by atoms with Gasteiger partial charge in [-0.2, -0.15) is 0 Å². The average Bonchev–Trinajstić information content (AvgIpc) is 2.32. The van der Waals surface area contributed by atoms with Gasteiger partial charge in [0.2, 0.25) is 0 Å². The summed E-state index contributed by atoms with van der Waals surface area (Å²) in [5, 5.41) is 10.2. The Balaban J connectivity index is 2.16. The molecule has 0 aliphatic heterocycles. The van der Waals surface area contributed by atoms with Crippen molar-refractivity contribution in [1.82, 2.24) is 4.98 Å². The number of aromatic nitrogens is 1. The Morgan fingerprint density at radius 1 is 1.33 bits per heavy atom. The zero-order chi connectivity index (χ0) is 13.1. The SMILES string of the molecule is Cc1ccc(C(O)Cc2ccnc(N)c2)cc1Br. The predicted molar refractivity (Wildman–Crippen MR) is 76.2 cm³/mol. The molecule has 1 heterocycles. The summed E-state index contributed by atoms with van der Waals surface area (Å²) in [7, 11) is 0. The van der Waals surface area contributed by atoms with Gasteiger partial charge in [-0.1, -0.05) is 28.1 Å². The molecule has 0 fully saturated rings. The van der Waals surface area contributed by atoms with Gasteiger partial charge in [0.25, 0.3) is 0 Å². The molecule has 4 heteroatoms. The first-order valence-electron chi connectivity index (χ1n) is 5.71. The fourth-order valence-electron chi connectivity index (χ4n) is 1.78. The third kappa shape index (κ3) is 3.09. The minimum absolute atomic E-state index is 0.477. The van der Waals surface area contributed by atoms with Crippen molar-refractivity contribution >= 4 is 21.7 Å². The van der Waals surface area contributed by atoms with Gasteiger partial charge in [-0.3, -0.25) is 0 Å². The normalized spacial score (nSPS) is 12.4. The van der Waals surface area contributed by atoms with Crippen LogP contribution in [-0.4, -0.2) is 10.1 Å². The molecule has 0 bridgehead atoms. The second-order valence-electron chi connectivity index (χ2n) is 4.32. The van der Waals surface area contributed by atoms with E-state index in [-0.39, 0.29) is 0 Å². The van der Waals surface area contributed by atoms with Gasteiger partial charge in [0.05, 0.1) is 6.10 Å². The quantitative estimate of drug-likeness (QED) is 0.916. The van der Waals surface area contributed by atoms with E-state index in [1.165, 1.54) is 0 Å². The highest BCUT2D eigenvalue weighted by Crippen LogP contribution is 2.24. The van der Waals surface area contributed by atoms with Crippen molar-refractivity contribution in [3.8, 4) is 0 Å². The van der Waals surface area contributed by atoms with Crippen molar-refractivity contribution in [2.24, 2.45) is 0 Å². The van der Waals surface area contributed by atoms with Crippen LogP contribution in [0, 0.1) is 6.92 Å². The van der Waals surface area contributed by atoms with Gasteiger partial charge in [-0.05, 0) is 41.8 Å². The van der Waals surface area contributed by atoms with Crippen molar-refractivity contribution < 1.29 is 5.11 Å². The third-order valence-corrected chi connectivity index (χ3v) is 3.71. The number of rotatable bonds is 3. The van der Waals surface area contributed by atoms with Gasteiger partial charge in [-0.25, -0.2) is 4.98 Å². The molecule has 3 N–H and O–H groups in total. The highest BCUT2D eigenvalue weighted by atomic mass is 79.9. The van der Waals surface area contributed by atoms with Gasteiger partial charge in [0.15, 0.2) is 0 Å². The summed E-state index contributed by atoms with van der Waals surface area (Å²) in [5.74, 6) is 0.477. The number of anilines is 1. The molecule has 3 nitrogen and oxygen atoms in total. The zero-order valence-electron chi connectivity index (χ0n) is 10.1. The van der Waals surface area contributed by atoms with E-state index >= 15 is 0 Å². The Bertz CT molecular complexity index is 557. The number of aliphatic hydroxyl groups is 1. The highest BCUT2D eigenvalue weighted by molar-refractivity contribution is 9.10. The first kappa shape index (κ1) is 13.1. The van der Waals surface area contributed by atoms with Crippen LogP contribution >= 0.6 is 15.9 Å². The maximum atomic E-state index is 10.2. The van der Waals surface area contributed by atoms with Gasteiger partial charge in [0.1, 0.15) is 5.82 Å². The summed E-state index contributed by atoms with van der Waals surface area (Å²) in [6.45, 7) is 2.02. The highest BCUT2D eigenvalue weighted by Gasteiger charge is 2.10. The molecule has 2 rings (SSSR count). The van der Waals surface area contributed by atoms with E-state index in [0.29, 0.717) is 12.2 Å². The van der Waals surface area contributed by atoms with Crippen LogP contribution in [0.5, 0.6) is 0 Å². The average molecular weight is 307 g/mol. The fraction of sp³-hybridized carbons (Fsp3) is 0.214. The molecule has 0 saturated carbocycles. The van der Waals surface area contributed by atoms with Crippen molar-refractivity contribution in [2.45, 2.75) is 19.4 Å². The molecule has 0 radical (unpaired) electrons. The molecular formula is C14H15BrN2O. The summed E-state index contributed by atoms with van der Waals surface area (Å²) in [5.41, 5.74) is 8.64. The molecule has 0 aliphatic rings. The third-order valence-electron chi connectivity index (χ3n) is 2.86. The van der Waals surface area contributed by atoms with Gasteiger partial charge >= 0.3 is 0 Å². The number of hydrogen-bond acceptors (Lipinski definition) is 3. The van der Waals surface area contributed by atoms with Crippen LogP contribution in [0.2, 0.25) is 0 Å². The minimum Gasteiger partial charge on any atom is -0.388 e. The van der Waals surface area contributed by atoms with Crippen LogP contribution in [0.15, 0.2) is 41.0 Å². The van der Waals surface area contributed by atoms with Crippen molar-refractivity contribution in [2.75, 3.05) is 5.73 Å². The van der Waals surface area contributed by atoms with Crippen LogP contribution in [0.4, 0.5) is 5.82 Å². The Hall–Kier alpha value is -1.39. The second-order valence-corrected chi connectivity index (χ2v) is 5.17. The van der Waals surface area contributed by atoms with Gasteiger partial charge in [-0.15, -0.1) is 0 Å². The predicted octanol–water partition coefficient (Wildman–Crippen LogP) is 3.01. The summed E-state index contributed by atoms with van der Waals surface area (Å²) in [6.07, 6.45) is 1.65. The Morgan fingerprint density at radius 2 is 2.11 bits per heavy atom. The van der Waals surface area contributed by atoms with Gasteiger partial charge < -0.3 is 10.8 Å². The zero-order valence-corrected chi connectivity index (χ0v) is 11.7. The van der Waals surface area contributed by atoms with E-state index in [0.717, 1.165) is 21.2 Å². The lowest BCUT2D eigenvalue weighted by Gasteiger charge is -2.12. The number of nitrogens with zero attached hydrogens (tertiary/aromatic N) is 1. The monoisotopic (exact) mass is 306 g/mol. The second kappa shape index (κ2) is 5.50. The molecule has 0 saturated heterocycles. The van der Waals surface area contributed by atoms with E-state index in [9.17, 15) is 5.11 Å². The molecule has 1 unspecified atom stereocenters. The summed E-state index contributed by atoms with van der Waals surface area (Å²) < 4.78 is 1.01. The molecule has 0 amide bonds. The summed E-state index contributed by atoms with van der Waals surface area (Å²) in [4.78, 5) is 3.93. The molecule has 18 heavy (non-hydrogen) atoms. The molecule has 2 aromatic rings. The fourth-order valence-corrected chi connectivity index (χ4v) is 2.18. The molecule has 1 atom stereocenters. The maximum Gasteiger partial charge on any atom is 0.123 e. The van der Waals surface area contributed by atoms with Gasteiger partial charge in [0, 0.05) is 17.1 Å². The van der Waals surface area contributed by atoms with Crippen LogP contribution in [-0.2, 0) is 6.42 Å². The lowest BCUT2D eigenvalue weighted by molar-refractivity contribution is 0.178. The van der Waals surface area contributed by atoms with Crippen molar-refractivity contribution in [3.63, 3.8) is 0 Å². The number of nitrogens with two attached hydrogens (primary N) is 1. The molecule has 0 aliphatic carbocycles. The lowest BCUT2D eigenvalue weighted by atomic mass is 10.0. The number of benzene rings is 1. The van der Waals surface area contributed by atoms with Crippen LogP contribution in [0.25, 0.3) is 0 Å². The topological polar surface area (TPSA) is 59.1 Å². The van der Waals surface area contributed by atoms with E-state index in [2.05, 4.69) is 20.9 Å². The van der Waals surface area contributed by atoms with Crippen LogP contribution < -0.4 is 5.73 Å². The number of aryl methyl sites for hydroxylation is 1. The van der Waals surface area contributed by atoms with Crippen molar-refractivity contribution in [1.29, 1.82) is 0 Å². The first-order chi connectivity index (χ1) is 8.56. The van der Waals surface area contributed by atoms with E-state index in [1.54, 1.807) is 12.3 Å². The Morgan fingerprint density at radius 3 is 2.78 bits per heavy atom. The number of pyridine rings is 1. The van der Waals surface area contributed by atoms with E-state index in [4.69, 9.17) is 5.73 Å². The molecule has 1 aromatic carbocycles. The van der Waals surface area contributed by atoms with E-state index < -0.39 is 6.10 Å². The number of aliphatic hydroxyl groups excluding tert-OH is 1. The largest absolute Gasteiger partial charge is 0.388 e. The van der Waals surface area contributed by atoms with Crippen LogP contribution in [0.3, 0.4) is 0 Å². The minimum atomic E-state index is -0.538. The molecule has 94 valence electrons. The molecule has 0 spiro atoms. The Kier molecular flexibility index (Phi) is 3.99. The smallest absolute Gasteiger partial charge is 0.123 e. The van der Waals surface area contributed by atoms with Crippen molar-refractivity contribution in [3.05, 3.63) is 57.7 Å². The molecule has 1 aromatic heterocycles. The standard InChI is InChI=1S/C14H15BrN2O/c1-9-2-3-11(8-12(9)15)13(18)6-10-4-5-17-14(16)7-10/h2-5,7-8,13,18H,6H2,1H3,(H2,16,17). The molecular weight excluding hydrogens is 292 g/mol. The summed E-state index contributed by atoms with van der Waals surface area (Å²) in [6, 6.07) is 9.53. The number of hydrogen-bond donors (Lipinski definition) is 2.